The molecule has 0 saturated carbocycles. The highest BCUT2D eigenvalue weighted by Crippen LogP contribution is 2.46. The number of amides is 1. The number of nitrogens with zero attached hydrogens (tertiary/aromatic N) is 4. The molecule has 2 aliphatic heterocycles. The number of aryl methyl sites for hydroxylation is 3. The molecule has 156 valence electrons. The van der Waals surface area contributed by atoms with Crippen molar-refractivity contribution in [3.05, 3.63) is 52.3 Å². The maximum absolute atomic E-state index is 13.1. The van der Waals surface area contributed by atoms with Gasteiger partial charge in [0.15, 0.2) is 0 Å². The number of aromatic amines is 1. The molecule has 4 rings (SSSR count). The third-order valence-electron chi connectivity index (χ3n) is 6.68. The predicted octanol–water partition coefficient (Wildman–Crippen LogP) is 2.53. The van der Waals surface area contributed by atoms with E-state index in [1.54, 1.807) is 0 Å². The molecule has 2 fully saturated rings. The van der Waals surface area contributed by atoms with Gasteiger partial charge in [0.1, 0.15) is 0 Å². The average Bonchev–Trinajstić information content (AvgIpc) is 3.30. The second-order valence-corrected chi connectivity index (χ2v) is 9.12. The molecule has 6 nitrogen and oxygen atoms in total. The minimum absolute atomic E-state index is 0.171. The van der Waals surface area contributed by atoms with Crippen molar-refractivity contribution in [2.24, 2.45) is 11.8 Å². The van der Waals surface area contributed by atoms with Crippen LogP contribution in [0.15, 0.2) is 24.3 Å². The van der Waals surface area contributed by atoms with Crippen molar-refractivity contribution in [2.45, 2.75) is 33.4 Å². The number of fused-ring (bicyclic) bond motifs is 1. The zero-order valence-electron chi connectivity index (χ0n) is 18.3. The second kappa shape index (κ2) is 7.92. The van der Waals surface area contributed by atoms with E-state index < -0.39 is 0 Å². The molecule has 0 aliphatic carbocycles. The number of likely N-dealkylation sites (tertiary alicyclic amines) is 2. The highest BCUT2D eigenvalue weighted by Gasteiger charge is 2.49. The summed E-state index contributed by atoms with van der Waals surface area (Å²) < 4.78 is 0. The van der Waals surface area contributed by atoms with E-state index in [1.165, 1.54) is 16.7 Å². The van der Waals surface area contributed by atoms with Crippen LogP contribution < -0.4 is 0 Å². The lowest BCUT2D eigenvalue weighted by Gasteiger charge is -2.31. The summed E-state index contributed by atoms with van der Waals surface area (Å²) in [6.07, 6.45) is 0. The van der Waals surface area contributed by atoms with E-state index in [4.69, 9.17) is 0 Å². The highest BCUT2D eigenvalue weighted by molar-refractivity contribution is 5.79. The van der Waals surface area contributed by atoms with Crippen LogP contribution in [0.3, 0.4) is 0 Å². The number of benzene rings is 1. The Bertz CT molecular complexity index is 870. The fraction of sp³-hybridized carbons (Fsp3) is 0.565. The zero-order chi connectivity index (χ0) is 20.7. The summed E-state index contributed by atoms with van der Waals surface area (Å²) in [6, 6.07) is 8.75. The normalized spacial score (nSPS) is 24.5. The molecule has 3 atom stereocenters. The van der Waals surface area contributed by atoms with Crippen LogP contribution >= 0.6 is 0 Å². The third kappa shape index (κ3) is 3.83. The van der Waals surface area contributed by atoms with Gasteiger partial charge in [0.25, 0.3) is 0 Å². The first kappa shape index (κ1) is 20.1. The molecular formula is C23H33N5O. The van der Waals surface area contributed by atoms with Crippen LogP contribution in [-0.4, -0.2) is 71.1 Å². The predicted molar refractivity (Wildman–Crippen MR) is 115 cm³/mol. The van der Waals surface area contributed by atoms with E-state index in [9.17, 15) is 4.79 Å². The van der Waals surface area contributed by atoms with Gasteiger partial charge in [-0.15, -0.1) is 0 Å². The first-order chi connectivity index (χ1) is 13.8. The summed E-state index contributed by atoms with van der Waals surface area (Å²) in [7, 11) is 3.93. The largest absolute Gasteiger partial charge is 0.334 e. The molecule has 1 aromatic heterocycles. The Labute approximate surface area is 173 Å². The van der Waals surface area contributed by atoms with Crippen molar-refractivity contribution < 1.29 is 4.79 Å². The van der Waals surface area contributed by atoms with Crippen LogP contribution in [0.5, 0.6) is 0 Å². The van der Waals surface area contributed by atoms with Crippen LogP contribution in [0, 0.1) is 32.6 Å². The molecule has 2 aromatic rings. The maximum Gasteiger partial charge on any atom is 0.237 e. The summed E-state index contributed by atoms with van der Waals surface area (Å²) in [5.41, 5.74) is 6.17. The minimum Gasteiger partial charge on any atom is -0.334 e. The van der Waals surface area contributed by atoms with Crippen LogP contribution in [0.2, 0.25) is 0 Å². The average molecular weight is 396 g/mol. The number of aromatic nitrogens is 2. The highest BCUT2D eigenvalue weighted by atomic mass is 16.2. The number of nitrogens with one attached hydrogen (secondary N) is 1. The van der Waals surface area contributed by atoms with Gasteiger partial charge < -0.3 is 9.80 Å². The fourth-order valence-corrected chi connectivity index (χ4v) is 5.23. The van der Waals surface area contributed by atoms with Crippen LogP contribution in [0.4, 0.5) is 0 Å². The lowest BCUT2D eigenvalue weighted by Crippen LogP contribution is -2.40. The lowest BCUT2D eigenvalue weighted by molar-refractivity contribution is -0.133. The monoisotopic (exact) mass is 395 g/mol. The summed E-state index contributed by atoms with van der Waals surface area (Å²) in [4.78, 5) is 19.8. The van der Waals surface area contributed by atoms with Crippen molar-refractivity contribution >= 4 is 5.91 Å². The Hall–Kier alpha value is -2.18. The van der Waals surface area contributed by atoms with E-state index in [-0.39, 0.29) is 11.9 Å². The molecule has 0 radical (unpaired) electrons. The number of carbonyl (C=O) groups excluding carboxylic acids is 1. The Morgan fingerprint density at radius 2 is 1.93 bits per heavy atom. The molecule has 0 spiro atoms. The van der Waals surface area contributed by atoms with Gasteiger partial charge in [0, 0.05) is 43.4 Å². The number of carbonyl (C=O) groups is 1. The smallest absolute Gasteiger partial charge is 0.237 e. The van der Waals surface area contributed by atoms with E-state index in [0.29, 0.717) is 18.4 Å². The first-order valence-corrected chi connectivity index (χ1v) is 10.6. The number of rotatable bonds is 5. The molecule has 0 unspecified atom stereocenters. The van der Waals surface area contributed by atoms with Crippen molar-refractivity contribution in [1.82, 2.24) is 24.9 Å². The summed E-state index contributed by atoms with van der Waals surface area (Å²) >= 11 is 0. The lowest BCUT2D eigenvalue weighted by atomic mass is 9.87. The van der Waals surface area contributed by atoms with E-state index in [2.05, 4.69) is 65.0 Å². The van der Waals surface area contributed by atoms with Crippen molar-refractivity contribution in [2.75, 3.05) is 40.3 Å². The van der Waals surface area contributed by atoms with Crippen molar-refractivity contribution in [3.63, 3.8) is 0 Å². The molecule has 1 N–H and O–H groups in total. The number of hydrogen-bond acceptors (Lipinski definition) is 4. The SMILES string of the molecule is Cc1ccccc1[C@H]1[C@@H]2CN(Cc3c(C)n[nH]c3C)C[C@@H]2CN1C(=O)CN(C)C. The van der Waals surface area contributed by atoms with Crippen LogP contribution in [0.1, 0.15) is 34.1 Å². The van der Waals surface area contributed by atoms with Gasteiger partial charge in [0.2, 0.25) is 5.91 Å². The van der Waals surface area contributed by atoms with Gasteiger partial charge in [-0.05, 0) is 51.9 Å². The molecule has 6 heteroatoms. The standard InChI is InChI=1S/C23H33N5O/c1-15-8-6-7-9-19(15)23-21-13-27(12-20-16(2)24-25-17(20)3)10-18(21)11-28(23)22(29)14-26(4)5/h6-9,18,21,23H,10-14H2,1-5H3,(H,24,25)/t18-,21-,23+/m1/s1. The Kier molecular flexibility index (Phi) is 5.49. The molecule has 0 bridgehead atoms. The Morgan fingerprint density at radius 3 is 2.59 bits per heavy atom. The molecular weight excluding hydrogens is 362 g/mol. The van der Waals surface area contributed by atoms with Gasteiger partial charge in [-0.25, -0.2) is 0 Å². The molecule has 1 aromatic carbocycles. The second-order valence-electron chi connectivity index (χ2n) is 9.12. The molecule has 1 amide bonds. The van der Waals surface area contributed by atoms with Gasteiger partial charge in [-0.3, -0.25) is 14.8 Å². The van der Waals surface area contributed by atoms with E-state index in [0.717, 1.165) is 37.6 Å². The van der Waals surface area contributed by atoms with E-state index in [1.807, 2.05) is 19.0 Å². The zero-order valence-corrected chi connectivity index (χ0v) is 18.3. The van der Waals surface area contributed by atoms with E-state index >= 15 is 0 Å². The van der Waals surface area contributed by atoms with Crippen LogP contribution in [-0.2, 0) is 11.3 Å². The third-order valence-corrected chi connectivity index (χ3v) is 6.68. The summed E-state index contributed by atoms with van der Waals surface area (Å²) in [5, 5.41) is 7.47. The number of hydrogen-bond donors (Lipinski definition) is 1. The summed E-state index contributed by atoms with van der Waals surface area (Å²) in [5.74, 6) is 1.25. The first-order valence-electron chi connectivity index (χ1n) is 10.6. The molecule has 3 heterocycles. The van der Waals surface area contributed by atoms with Gasteiger partial charge in [-0.1, -0.05) is 24.3 Å². The van der Waals surface area contributed by atoms with Crippen molar-refractivity contribution in [1.29, 1.82) is 0 Å². The Balaban J connectivity index is 1.58. The van der Waals surface area contributed by atoms with Crippen molar-refractivity contribution in [3.8, 4) is 0 Å². The quantitative estimate of drug-likeness (QED) is 0.845. The Morgan fingerprint density at radius 1 is 1.17 bits per heavy atom. The number of likely N-dealkylation sites (N-methyl/N-ethyl adjacent to an activating group) is 1. The number of H-pyrrole nitrogens is 1. The topological polar surface area (TPSA) is 55.5 Å². The minimum atomic E-state index is 0.171. The molecule has 2 saturated heterocycles. The van der Waals surface area contributed by atoms with Crippen LogP contribution in [0.25, 0.3) is 0 Å². The fourth-order valence-electron chi connectivity index (χ4n) is 5.23. The molecule has 29 heavy (non-hydrogen) atoms. The van der Waals surface area contributed by atoms with Gasteiger partial charge >= 0.3 is 0 Å². The molecule has 2 aliphatic rings. The maximum atomic E-state index is 13.1. The van der Waals surface area contributed by atoms with Gasteiger partial charge in [0.05, 0.1) is 18.3 Å². The summed E-state index contributed by atoms with van der Waals surface area (Å²) in [6.45, 7) is 10.7. The van der Waals surface area contributed by atoms with Gasteiger partial charge in [-0.2, -0.15) is 5.10 Å².